The van der Waals surface area contributed by atoms with Crippen molar-refractivity contribution in [3.8, 4) is 0 Å². The first-order valence-electron chi connectivity index (χ1n) is 5.30. The van der Waals surface area contributed by atoms with Gasteiger partial charge in [0.05, 0.1) is 5.02 Å². The van der Waals surface area contributed by atoms with Crippen LogP contribution in [0.4, 0.5) is 0 Å². The van der Waals surface area contributed by atoms with Crippen LogP contribution in [-0.2, 0) is 11.8 Å². The lowest BCUT2D eigenvalue weighted by atomic mass is 10.2. The molecule has 0 aliphatic heterocycles. The second-order valence-corrected chi connectivity index (χ2v) is 5.22. The Morgan fingerprint density at radius 1 is 1.61 bits per heavy atom. The van der Waals surface area contributed by atoms with Gasteiger partial charge in [0.2, 0.25) is 0 Å². The van der Waals surface area contributed by atoms with E-state index in [1.807, 2.05) is 6.26 Å². The van der Waals surface area contributed by atoms with Crippen molar-refractivity contribution in [1.29, 1.82) is 0 Å². The molecular formula is C11H15ClN2O3S. The van der Waals surface area contributed by atoms with Crippen molar-refractivity contribution in [2.75, 3.05) is 12.0 Å². The maximum atomic E-state index is 11.9. The summed E-state index contributed by atoms with van der Waals surface area (Å²) in [5.74, 6) is -0.791. The molecule has 0 bridgehead atoms. The molecule has 0 aliphatic rings. The minimum absolute atomic E-state index is 0.343. The molecule has 1 aromatic heterocycles. The van der Waals surface area contributed by atoms with Crippen LogP contribution in [0.2, 0.25) is 5.02 Å². The summed E-state index contributed by atoms with van der Waals surface area (Å²) in [4.78, 5) is 22.9. The van der Waals surface area contributed by atoms with Gasteiger partial charge in [0.15, 0.2) is 0 Å². The number of hydrogen-bond donors (Lipinski definition) is 2. The van der Waals surface area contributed by atoms with Crippen LogP contribution in [-0.4, -0.2) is 39.6 Å². The fourth-order valence-electron chi connectivity index (χ4n) is 1.48. The maximum Gasteiger partial charge on any atom is 0.326 e. The van der Waals surface area contributed by atoms with Gasteiger partial charge in [-0.05, 0) is 24.5 Å². The number of nitrogens with zero attached hydrogens (tertiary/aromatic N) is 1. The minimum atomic E-state index is -1.03. The molecule has 0 aromatic carbocycles. The SMILES string of the molecule is CSCC[C@@H](NC(=O)c1cc(Cl)cn1C)C(=O)O. The Balaban J connectivity index is 2.72. The lowest BCUT2D eigenvalue weighted by molar-refractivity contribution is -0.139. The number of halogens is 1. The van der Waals surface area contributed by atoms with Gasteiger partial charge in [-0.3, -0.25) is 4.79 Å². The van der Waals surface area contributed by atoms with E-state index in [1.165, 1.54) is 17.8 Å². The Kier molecular flexibility index (Phi) is 5.55. The third-order valence-electron chi connectivity index (χ3n) is 2.42. The molecular weight excluding hydrogens is 276 g/mol. The Hall–Kier alpha value is -1.14. The average Bonchev–Trinajstić information content (AvgIpc) is 2.63. The van der Waals surface area contributed by atoms with Gasteiger partial charge in [-0.1, -0.05) is 11.6 Å². The Bertz CT molecular complexity index is 447. The number of hydrogen-bond acceptors (Lipinski definition) is 3. The van der Waals surface area contributed by atoms with Gasteiger partial charge in [0, 0.05) is 13.2 Å². The summed E-state index contributed by atoms with van der Waals surface area (Å²) < 4.78 is 1.56. The third kappa shape index (κ3) is 3.96. The fraction of sp³-hybridized carbons (Fsp3) is 0.455. The number of carboxylic acids is 1. The zero-order valence-electron chi connectivity index (χ0n) is 10.1. The van der Waals surface area contributed by atoms with Crippen LogP contribution >= 0.6 is 23.4 Å². The molecule has 0 spiro atoms. The number of aryl methyl sites for hydroxylation is 1. The second-order valence-electron chi connectivity index (χ2n) is 3.80. The molecule has 0 fully saturated rings. The van der Waals surface area contributed by atoms with Crippen molar-refractivity contribution in [3.05, 3.63) is 23.0 Å². The number of thioether (sulfide) groups is 1. The van der Waals surface area contributed by atoms with Crippen molar-refractivity contribution in [3.63, 3.8) is 0 Å². The van der Waals surface area contributed by atoms with Gasteiger partial charge >= 0.3 is 5.97 Å². The molecule has 1 atom stereocenters. The molecule has 0 unspecified atom stereocenters. The molecule has 0 aliphatic carbocycles. The van der Waals surface area contributed by atoms with Crippen LogP contribution in [0.1, 0.15) is 16.9 Å². The molecule has 7 heteroatoms. The van der Waals surface area contributed by atoms with Crippen molar-refractivity contribution in [2.45, 2.75) is 12.5 Å². The fourth-order valence-corrected chi connectivity index (χ4v) is 2.20. The Labute approximate surface area is 114 Å². The van der Waals surface area contributed by atoms with Gasteiger partial charge in [0.25, 0.3) is 5.91 Å². The van der Waals surface area contributed by atoms with E-state index >= 15 is 0 Å². The molecule has 1 amide bonds. The summed E-state index contributed by atoms with van der Waals surface area (Å²) in [6.07, 6.45) is 3.87. The molecule has 2 N–H and O–H groups in total. The topological polar surface area (TPSA) is 71.3 Å². The molecule has 1 rings (SSSR count). The predicted molar refractivity (Wildman–Crippen MR) is 72.3 cm³/mol. The van der Waals surface area contributed by atoms with Crippen molar-refractivity contribution in [1.82, 2.24) is 9.88 Å². The van der Waals surface area contributed by atoms with E-state index in [0.717, 1.165) is 0 Å². The first kappa shape index (κ1) is 14.9. The van der Waals surface area contributed by atoms with Gasteiger partial charge in [-0.25, -0.2) is 4.79 Å². The monoisotopic (exact) mass is 290 g/mol. The van der Waals surface area contributed by atoms with E-state index in [1.54, 1.807) is 17.8 Å². The number of aliphatic carboxylic acids is 1. The molecule has 1 aromatic rings. The Morgan fingerprint density at radius 3 is 2.72 bits per heavy atom. The highest BCUT2D eigenvalue weighted by Crippen LogP contribution is 2.13. The average molecular weight is 291 g/mol. The number of amides is 1. The van der Waals surface area contributed by atoms with E-state index in [-0.39, 0.29) is 0 Å². The number of carboxylic acid groups (broad SMARTS) is 1. The van der Waals surface area contributed by atoms with Crippen LogP contribution in [0.3, 0.4) is 0 Å². The van der Waals surface area contributed by atoms with Gasteiger partial charge < -0.3 is 15.0 Å². The van der Waals surface area contributed by atoms with Crippen LogP contribution in [0, 0.1) is 0 Å². The first-order valence-corrected chi connectivity index (χ1v) is 7.07. The van der Waals surface area contributed by atoms with Gasteiger partial charge in [-0.2, -0.15) is 11.8 Å². The maximum absolute atomic E-state index is 11.9. The quantitative estimate of drug-likeness (QED) is 0.835. The molecule has 1 heterocycles. The van der Waals surface area contributed by atoms with Crippen LogP contribution < -0.4 is 5.32 Å². The molecule has 0 saturated heterocycles. The predicted octanol–water partition coefficient (Wildman–Crippen LogP) is 1.61. The van der Waals surface area contributed by atoms with E-state index in [4.69, 9.17) is 16.7 Å². The van der Waals surface area contributed by atoms with E-state index in [9.17, 15) is 9.59 Å². The van der Waals surface area contributed by atoms with Crippen LogP contribution in [0.15, 0.2) is 12.3 Å². The molecule has 100 valence electrons. The summed E-state index contributed by atoms with van der Waals surface area (Å²) in [6.45, 7) is 0. The Morgan fingerprint density at radius 2 is 2.28 bits per heavy atom. The molecule has 0 saturated carbocycles. The summed E-state index contributed by atoms with van der Waals surface area (Å²) in [7, 11) is 1.68. The number of nitrogens with one attached hydrogen (secondary N) is 1. The third-order valence-corrected chi connectivity index (χ3v) is 3.27. The van der Waals surface area contributed by atoms with E-state index < -0.39 is 17.9 Å². The van der Waals surface area contributed by atoms with Crippen molar-refractivity contribution >= 4 is 35.2 Å². The smallest absolute Gasteiger partial charge is 0.326 e. The summed E-state index contributed by atoms with van der Waals surface area (Å²) in [6, 6.07) is 0.628. The van der Waals surface area contributed by atoms with Crippen molar-refractivity contribution < 1.29 is 14.7 Å². The zero-order chi connectivity index (χ0) is 13.7. The largest absolute Gasteiger partial charge is 0.480 e. The highest BCUT2D eigenvalue weighted by Gasteiger charge is 2.21. The van der Waals surface area contributed by atoms with E-state index in [0.29, 0.717) is 22.9 Å². The number of carbonyl (C=O) groups excluding carboxylic acids is 1. The lowest BCUT2D eigenvalue weighted by Crippen LogP contribution is -2.41. The van der Waals surface area contributed by atoms with Gasteiger partial charge in [-0.15, -0.1) is 0 Å². The molecule has 5 nitrogen and oxygen atoms in total. The number of carbonyl (C=O) groups is 2. The highest BCUT2D eigenvalue weighted by molar-refractivity contribution is 7.98. The van der Waals surface area contributed by atoms with E-state index in [2.05, 4.69) is 5.32 Å². The van der Waals surface area contributed by atoms with Crippen LogP contribution in [0.25, 0.3) is 0 Å². The molecule has 0 radical (unpaired) electrons. The van der Waals surface area contributed by atoms with Crippen molar-refractivity contribution in [2.24, 2.45) is 7.05 Å². The molecule has 18 heavy (non-hydrogen) atoms. The van der Waals surface area contributed by atoms with Gasteiger partial charge in [0.1, 0.15) is 11.7 Å². The zero-order valence-corrected chi connectivity index (χ0v) is 11.7. The standard InChI is InChI=1S/C11H15ClN2O3S/c1-14-6-7(12)5-9(14)10(15)13-8(11(16)17)3-4-18-2/h5-6,8H,3-4H2,1-2H3,(H,13,15)(H,16,17)/t8-/m1/s1. The minimum Gasteiger partial charge on any atom is -0.480 e. The number of aromatic nitrogens is 1. The first-order chi connectivity index (χ1) is 8.45. The number of rotatable bonds is 6. The summed E-state index contributed by atoms with van der Waals surface area (Å²) in [5.41, 5.74) is 0.343. The summed E-state index contributed by atoms with van der Waals surface area (Å²) in [5, 5.41) is 11.9. The summed E-state index contributed by atoms with van der Waals surface area (Å²) >= 11 is 7.31. The highest BCUT2D eigenvalue weighted by atomic mass is 35.5. The lowest BCUT2D eigenvalue weighted by Gasteiger charge is -2.14. The normalized spacial score (nSPS) is 12.2. The second kappa shape index (κ2) is 6.70. The van der Waals surface area contributed by atoms with Crippen LogP contribution in [0.5, 0.6) is 0 Å².